The molecule has 82 heavy (non-hydrogen) atoms. The van der Waals surface area contributed by atoms with Crippen molar-refractivity contribution >= 4 is 77.7 Å². The summed E-state index contributed by atoms with van der Waals surface area (Å²) in [5.74, 6) is 3.55. The fourth-order valence-corrected chi connectivity index (χ4v) is 11.9. The lowest BCUT2D eigenvalue weighted by atomic mass is 9.98. The van der Waals surface area contributed by atoms with Crippen LogP contribution in [0.15, 0.2) is 279 Å². The Morgan fingerprint density at radius 1 is 0.232 bits per heavy atom. The molecule has 1 aliphatic rings. The van der Waals surface area contributed by atoms with E-state index in [2.05, 4.69) is 201 Å². The third kappa shape index (κ3) is 7.65. The van der Waals surface area contributed by atoms with Crippen molar-refractivity contribution < 1.29 is 0 Å². The molecule has 0 radical (unpaired) electrons. The summed E-state index contributed by atoms with van der Waals surface area (Å²) in [6.07, 6.45) is 0. The minimum Gasteiger partial charge on any atom is -0.309 e. The molecule has 0 atom stereocenters. The molecule has 0 saturated carbocycles. The summed E-state index contributed by atoms with van der Waals surface area (Å²) >= 11 is 0. The highest BCUT2D eigenvalue weighted by Crippen LogP contribution is 2.60. The summed E-state index contributed by atoms with van der Waals surface area (Å²) in [5.41, 5.74) is 15.8. The molecule has 4 aromatic heterocycles. The van der Waals surface area contributed by atoms with Gasteiger partial charge in [-0.3, -0.25) is 4.57 Å². The number of para-hydroxylation sites is 4. The van der Waals surface area contributed by atoms with E-state index in [4.69, 9.17) is 29.9 Å². The van der Waals surface area contributed by atoms with Crippen molar-refractivity contribution in [2.75, 3.05) is 9.80 Å². The fraction of sp³-hybridized carbons (Fsp3) is 0. The monoisotopic (exact) mass is 1050 g/mol. The van der Waals surface area contributed by atoms with Crippen LogP contribution in [-0.4, -0.2) is 39.0 Å². The van der Waals surface area contributed by atoms with Crippen LogP contribution in [0, 0.1) is 0 Å². The summed E-state index contributed by atoms with van der Waals surface area (Å²) in [7, 11) is 0. The molecule has 1 aliphatic heterocycles. The lowest BCUT2D eigenvalue weighted by molar-refractivity contribution is 0.953. The summed E-state index contributed by atoms with van der Waals surface area (Å²) in [6, 6.07) is 97.1. The molecule has 16 rings (SSSR count). The minimum atomic E-state index is 0.531. The maximum absolute atomic E-state index is 5.31. The van der Waals surface area contributed by atoms with Crippen LogP contribution in [0.4, 0.5) is 34.1 Å². The normalized spacial score (nSPS) is 12.1. The van der Waals surface area contributed by atoms with Crippen LogP contribution in [0.3, 0.4) is 0 Å². The van der Waals surface area contributed by atoms with E-state index in [1.165, 1.54) is 0 Å². The molecule has 5 heterocycles. The maximum Gasteiger partial charge on any atom is 0.238 e. The average molecular weight is 1050 g/mol. The Balaban J connectivity index is 0.947. The van der Waals surface area contributed by atoms with Gasteiger partial charge >= 0.3 is 0 Å². The second-order valence-corrected chi connectivity index (χ2v) is 20.3. The van der Waals surface area contributed by atoms with Gasteiger partial charge in [0.15, 0.2) is 29.1 Å². The number of hydrogen-bond donors (Lipinski definition) is 0. The second-order valence-electron chi connectivity index (χ2n) is 20.3. The molecule has 0 N–H and O–H groups in total. The summed E-state index contributed by atoms with van der Waals surface area (Å²) in [5, 5.41) is 4.36. The summed E-state index contributed by atoms with van der Waals surface area (Å²) in [4.78, 5) is 35.9. The van der Waals surface area contributed by atoms with Gasteiger partial charge in [0.2, 0.25) is 5.95 Å². The van der Waals surface area contributed by atoms with Crippen molar-refractivity contribution in [2.24, 2.45) is 0 Å². The molecule has 15 aromatic rings. The predicted octanol–water partition coefficient (Wildman–Crippen LogP) is 17.8. The quantitative estimate of drug-likeness (QED) is 0.141. The van der Waals surface area contributed by atoms with E-state index in [0.29, 0.717) is 35.1 Å². The molecule has 0 bridgehead atoms. The van der Waals surface area contributed by atoms with Crippen LogP contribution in [0.2, 0.25) is 0 Å². The Morgan fingerprint density at radius 2 is 0.561 bits per heavy atom. The van der Waals surface area contributed by atoms with E-state index in [-0.39, 0.29) is 0 Å². The van der Waals surface area contributed by atoms with Gasteiger partial charge in [0, 0.05) is 66.4 Å². The topological polar surface area (TPSA) is 93.7 Å². The molecular weight excluding hydrogens is 1000 g/mol. The van der Waals surface area contributed by atoms with Crippen LogP contribution < -0.4 is 9.80 Å². The van der Waals surface area contributed by atoms with E-state index in [9.17, 15) is 0 Å². The van der Waals surface area contributed by atoms with Crippen LogP contribution >= 0.6 is 0 Å². The molecule has 0 amide bonds. The third-order valence-electron chi connectivity index (χ3n) is 15.5. The Bertz CT molecular complexity index is 4800. The number of benzene rings is 11. The molecule has 384 valence electrons. The van der Waals surface area contributed by atoms with Gasteiger partial charge in [0.25, 0.3) is 0 Å². The Hall–Kier alpha value is -11.4. The standard InChI is InChI=1S/C72H46N10/c1-7-24-47(25-8-1)67-73-68(48-26-9-2-10-27-48)75-71(74-67)51-32-23-37-54(46-51)79-57-40-21-19-38-55(57)63-59(79)42-44-61-65(63)80(52-33-15-5-16-34-52)62-45-43-60-64(66(62)81(61)53-35-17-6-18-36-53)56-39-20-22-41-58(56)82(60)72-77-69(49-28-11-3-12-29-49)76-70(78-72)50-30-13-4-14-31-50/h1-46H. The van der Waals surface area contributed by atoms with Crippen molar-refractivity contribution in [1.82, 2.24) is 39.0 Å². The lowest BCUT2D eigenvalue weighted by Gasteiger charge is -2.41. The Labute approximate surface area is 471 Å². The molecule has 11 aromatic carbocycles. The first kappa shape index (κ1) is 46.7. The van der Waals surface area contributed by atoms with E-state index >= 15 is 0 Å². The van der Waals surface area contributed by atoms with Gasteiger partial charge in [0.1, 0.15) is 0 Å². The van der Waals surface area contributed by atoms with Crippen molar-refractivity contribution in [2.45, 2.75) is 0 Å². The third-order valence-corrected chi connectivity index (χ3v) is 15.5. The number of aromatic nitrogens is 8. The van der Waals surface area contributed by atoms with Gasteiger partial charge < -0.3 is 14.4 Å². The highest BCUT2D eigenvalue weighted by atomic mass is 15.3. The van der Waals surface area contributed by atoms with E-state index < -0.39 is 0 Å². The smallest absolute Gasteiger partial charge is 0.238 e. The molecule has 0 saturated heterocycles. The first-order valence-electron chi connectivity index (χ1n) is 27.4. The molecule has 0 fully saturated rings. The van der Waals surface area contributed by atoms with Gasteiger partial charge in [-0.15, -0.1) is 0 Å². The van der Waals surface area contributed by atoms with Crippen LogP contribution in [0.1, 0.15) is 0 Å². The number of fused-ring (bicyclic) bond motifs is 10. The fourth-order valence-electron chi connectivity index (χ4n) is 11.9. The zero-order chi connectivity index (χ0) is 54.1. The number of anilines is 6. The maximum atomic E-state index is 5.31. The van der Waals surface area contributed by atoms with Gasteiger partial charge in [-0.25, -0.2) is 19.9 Å². The van der Waals surface area contributed by atoms with Crippen molar-refractivity contribution in [1.29, 1.82) is 0 Å². The second kappa shape index (κ2) is 19.2. The zero-order valence-electron chi connectivity index (χ0n) is 44.0. The number of rotatable bonds is 9. The van der Waals surface area contributed by atoms with E-state index in [0.717, 1.165) is 111 Å². The van der Waals surface area contributed by atoms with E-state index in [1.54, 1.807) is 0 Å². The molecule has 0 spiro atoms. The largest absolute Gasteiger partial charge is 0.309 e. The summed E-state index contributed by atoms with van der Waals surface area (Å²) in [6.45, 7) is 0. The van der Waals surface area contributed by atoms with Crippen LogP contribution in [0.25, 0.3) is 112 Å². The average Bonchev–Trinajstić information content (AvgIpc) is 2.53. The van der Waals surface area contributed by atoms with E-state index in [1.807, 2.05) is 97.1 Å². The van der Waals surface area contributed by atoms with Crippen LogP contribution in [0.5, 0.6) is 0 Å². The van der Waals surface area contributed by atoms with Crippen molar-refractivity contribution in [3.8, 4) is 68.6 Å². The number of hydrogen-bond acceptors (Lipinski definition) is 8. The first-order valence-corrected chi connectivity index (χ1v) is 27.4. The molecule has 0 aliphatic carbocycles. The molecular formula is C72H46N10. The Morgan fingerprint density at radius 3 is 1.00 bits per heavy atom. The highest BCUT2D eigenvalue weighted by Gasteiger charge is 2.37. The van der Waals surface area contributed by atoms with Crippen molar-refractivity contribution in [3.63, 3.8) is 0 Å². The van der Waals surface area contributed by atoms with Gasteiger partial charge in [-0.05, 0) is 72.8 Å². The predicted molar refractivity (Wildman–Crippen MR) is 332 cm³/mol. The minimum absolute atomic E-state index is 0.531. The molecule has 10 nitrogen and oxygen atoms in total. The van der Waals surface area contributed by atoms with Gasteiger partial charge in [-0.1, -0.05) is 206 Å². The Kier molecular flexibility index (Phi) is 11.0. The SMILES string of the molecule is c1ccc(-c2nc(-c3ccccc3)nc(-c3cccc(-n4c5ccccc5c5c6c(ccc54)N(c4ccccc4)c4c(ccc5c4c4ccccc4n5-c4nc(-c5ccccc5)nc(-c5ccccc5)n4)N6c4ccccc4)c3)n2)cc1. The van der Waals surface area contributed by atoms with Gasteiger partial charge in [-0.2, -0.15) is 9.97 Å². The lowest BCUT2D eigenvalue weighted by Crippen LogP contribution is -2.24. The number of nitrogens with zero attached hydrogens (tertiary/aromatic N) is 10. The molecule has 10 heteroatoms. The molecule has 0 unspecified atom stereocenters. The first-order chi connectivity index (χ1) is 40.7. The van der Waals surface area contributed by atoms with Crippen molar-refractivity contribution in [3.05, 3.63) is 279 Å². The highest BCUT2D eigenvalue weighted by molar-refractivity contribution is 6.26. The summed E-state index contributed by atoms with van der Waals surface area (Å²) < 4.78 is 4.60. The zero-order valence-corrected chi connectivity index (χ0v) is 44.0. The van der Waals surface area contributed by atoms with Crippen LogP contribution in [-0.2, 0) is 0 Å². The van der Waals surface area contributed by atoms with Gasteiger partial charge in [0.05, 0.1) is 44.8 Å².